The summed E-state index contributed by atoms with van der Waals surface area (Å²) in [7, 11) is 0. The molecule has 2 aliphatic heterocycles. The lowest BCUT2D eigenvalue weighted by Gasteiger charge is -2.39. The molecule has 16 nitrogen and oxygen atoms in total. The van der Waals surface area contributed by atoms with Crippen LogP contribution in [-0.2, 0) is 19.1 Å². The normalized spacial score (nSPS) is 34.5. The number of aliphatic hydroxyl groups excluding tert-OH is 8. The fourth-order valence-electron chi connectivity index (χ4n) is 4.05. The molecule has 0 aromatic heterocycles. The Balaban J connectivity index is 1.65. The van der Waals surface area contributed by atoms with Crippen molar-refractivity contribution >= 4 is 35.3 Å². The van der Waals surface area contributed by atoms with Crippen molar-refractivity contribution in [2.45, 2.75) is 59.7 Å². The van der Waals surface area contributed by atoms with E-state index in [9.17, 15) is 50.4 Å². The Morgan fingerprint density at radius 1 is 0.675 bits per heavy atom. The van der Waals surface area contributed by atoms with Gasteiger partial charge in [-0.3, -0.25) is 14.5 Å². The summed E-state index contributed by atoms with van der Waals surface area (Å²) >= 11 is 1.86. The molecule has 2 unspecified atom stereocenters. The van der Waals surface area contributed by atoms with Crippen molar-refractivity contribution in [2.75, 3.05) is 64.0 Å². The highest BCUT2D eigenvalue weighted by Crippen LogP contribution is 2.29. The summed E-state index contributed by atoms with van der Waals surface area (Å²) in [5, 5.41) is 83.4. The molecule has 2 amide bonds. The molecule has 0 saturated carbocycles. The minimum atomic E-state index is -1.51. The Labute approximate surface area is 240 Å². The van der Waals surface area contributed by atoms with Gasteiger partial charge in [-0.2, -0.15) is 0 Å². The molecule has 40 heavy (non-hydrogen) atoms. The van der Waals surface area contributed by atoms with Gasteiger partial charge in [0.2, 0.25) is 11.8 Å². The molecule has 0 aliphatic carbocycles. The second-order valence-electron chi connectivity index (χ2n) is 9.35. The first-order valence-corrected chi connectivity index (χ1v) is 14.9. The van der Waals surface area contributed by atoms with Gasteiger partial charge in [0.25, 0.3) is 0 Å². The number of ether oxygens (including phenoxy) is 2. The van der Waals surface area contributed by atoms with Gasteiger partial charge in [-0.15, -0.1) is 23.5 Å². The van der Waals surface area contributed by atoms with Crippen molar-refractivity contribution in [3.05, 3.63) is 0 Å². The molecule has 2 saturated heterocycles. The number of thioether (sulfide) groups is 2. The fourth-order valence-corrected chi connectivity index (χ4v) is 6.05. The first-order valence-electron chi connectivity index (χ1n) is 12.8. The van der Waals surface area contributed by atoms with E-state index in [1.165, 1.54) is 0 Å². The van der Waals surface area contributed by atoms with Crippen molar-refractivity contribution in [1.82, 2.24) is 15.5 Å². The second-order valence-corrected chi connectivity index (χ2v) is 11.5. The number of carbonyl (C=O) groups is 2. The zero-order chi connectivity index (χ0) is 29.8. The molecule has 0 spiro atoms. The Morgan fingerprint density at radius 3 is 1.43 bits per heavy atom. The average Bonchev–Trinajstić information content (AvgIpc) is 2.94. The number of aliphatic hydroxyl groups is 8. The van der Waals surface area contributed by atoms with Crippen LogP contribution in [0.2, 0.25) is 0 Å². The van der Waals surface area contributed by atoms with Crippen LogP contribution in [0, 0.1) is 0 Å². The maximum Gasteiger partial charge on any atom is 0.230 e. The summed E-state index contributed by atoms with van der Waals surface area (Å²) < 4.78 is 10.7. The topological polar surface area (TPSA) is 268 Å². The summed E-state index contributed by atoms with van der Waals surface area (Å²) in [6.07, 6.45) is -10.9. The molecule has 2 aliphatic rings. The van der Waals surface area contributed by atoms with Crippen molar-refractivity contribution in [2.24, 2.45) is 5.73 Å². The Bertz CT molecular complexity index is 715. The fraction of sp³-hybridized carbons (Fsp3) is 0.909. The molecular formula is C22H42N4O12S2. The van der Waals surface area contributed by atoms with E-state index in [4.69, 9.17) is 15.2 Å². The quantitative estimate of drug-likeness (QED) is 0.0767. The van der Waals surface area contributed by atoms with Gasteiger partial charge in [0.1, 0.15) is 59.7 Å². The third kappa shape index (κ3) is 10.5. The van der Waals surface area contributed by atoms with Crippen molar-refractivity contribution in [3.8, 4) is 0 Å². The zero-order valence-corrected chi connectivity index (χ0v) is 23.5. The standard InChI is InChI=1S/C22H42N4O12S2/c23-1-4-26(5-2-24-13(29)9-39-21-19(35)17(33)15(31)11(7-27)37-21)6-3-25-14(30)10-40-22-20(36)18(34)16(32)12(8-28)38-22/h11-12,15-22,27-28,31-36H,1-10,23H2,(H,24,29)(H,25,30)/t11-,12-,15+,16+,17+,18+,19-,20-,21?,22?/m1/s1. The largest absolute Gasteiger partial charge is 0.394 e. The van der Waals surface area contributed by atoms with E-state index >= 15 is 0 Å². The summed E-state index contributed by atoms with van der Waals surface area (Å²) in [5.41, 5.74) is 3.65. The van der Waals surface area contributed by atoms with Crippen LogP contribution in [0.25, 0.3) is 0 Å². The number of nitrogens with zero attached hydrogens (tertiary/aromatic N) is 1. The molecule has 2 heterocycles. The molecule has 10 atom stereocenters. The Kier molecular flexibility index (Phi) is 15.9. The van der Waals surface area contributed by atoms with Crippen LogP contribution < -0.4 is 16.4 Å². The van der Waals surface area contributed by atoms with Gasteiger partial charge in [0.15, 0.2) is 0 Å². The van der Waals surface area contributed by atoms with E-state index < -0.39 is 72.9 Å². The molecule has 0 bridgehead atoms. The molecule has 2 rings (SSSR count). The van der Waals surface area contributed by atoms with E-state index in [1.54, 1.807) is 0 Å². The zero-order valence-electron chi connectivity index (χ0n) is 21.9. The number of rotatable bonds is 16. The number of hydrogen-bond acceptors (Lipinski definition) is 16. The van der Waals surface area contributed by atoms with Crippen molar-refractivity contribution in [3.63, 3.8) is 0 Å². The lowest BCUT2D eigenvalue weighted by molar-refractivity contribution is -0.205. The van der Waals surface area contributed by atoms with Crippen LogP contribution in [0.5, 0.6) is 0 Å². The SMILES string of the molecule is NCCN(CCNC(=O)CSC1O[C@H](CO)[C@H](O)[C@H](O)[C@H]1O)CCNC(=O)CSC1O[C@H](CO)[C@H](O)[C@H](O)[C@H]1O. The first kappa shape index (κ1) is 35.4. The molecule has 12 N–H and O–H groups in total. The summed E-state index contributed by atoms with van der Waals surface area (Å²) in [5.74, 6) is -0.898. The van der Waals surface area contributed by atoms with Gasteiger partial charge in [-0.1, -0.05) is 0 Å². The second kappa shape index (κ2) is 18.0. The lowest BCUT2D eigenvalue weighted by Crippen LogP contribution is -2.57. The van der Waals surface area contributed by atoms with Crippen LogP contribution in [-0.4, -0.2) is 181 Å². The molecule has 2 fully saturated rings. The number of carbonyl (C=O) groups excluding carboxylic acids is 2. The molecule has 234 valence electrons. The van der Waals surface area contributed by atoms with E-state index in [0.29, 0.717) is 26.2 Å². The van der Waals surface area contributed by atoms with Crippen LogP contribution >= 0.6 is 23.5 Å². The number of hydrogen-bond donors (Lipinski definition) is 11. The first-order chi connectivity index (χ1) is 19.0. The monoisotopic (exact) mass is 618 g/mol. The minimum Gasteiger partial charge on any atom is -0.394 e. The van der Waals surface area contributed by atoms with Crippen molar-refractivity contribution < 1.29 is 59.9 Å². The molecular weight excluding hydrogens is 576 g/mol. The van der Waals surface area contributed by atoms with Gasteiger partial charge >= 0.3 is 0 Å². The van der Waals surface area contributed by atoms with Crippen LogP contribution in [0.1, 0.15) is 0 Å². The highest BCUT2D eigenvalue weighted by atomic mass is 32.2. The van der Waals surface area contributed by atoms with E-state index in [1.807, 2.05) is 4.90 Å². The van der Waals surface area contributed by atoms with Gasteiger partial charge in [0, 0.05) is 39.3 Å². The highest BCUT2D eigenvalue weighted by molar-refractivity contribution is 8.00. The predicted octanol–water partition coefficient (Wildman–Crippen LogP) is -6.45. The predicted molar refractivity (Wildman–Crippen MR) is 144 cm³/mol. The van der Waals surface area contributed by atoms with Crippen molar-refractivity contribution in [1.29, 1.82) is 0 Å². The van der Waals surface area contributed by atoms with E-state index in [0.717, 1.165) is 23.5 Å². The molecule has 18 heteroatoms. The van der Waals surface area contributed by atoms with Gasteiger partial charge < -0.3 is 66.7 Å². The third-order valence-corrected chi connectivity index (χ3v) is 8.69. The third-order valence-electron chi connectivity index (χ3n) is 6.40. The summed E-state index contributed by atoms with van der Waals surface area (Å²) in [6.45, 7) is 1.16. The maximum absolute atomic E-state index is 12.2. The van der Waals surface area contributed by atoms with Gasteiger partial charge in [-0.05, 0) is 0 Å². The number of amides is 2. The van der Waals surface area contributed by atoms with E-state index in [2.05, 4.69) is 10.6 Å². The van der Waals surface area contributed by atoms with Crippen LogP contribution in [0.3, 0.4) is 0 Å². The summed E-state index contributed by atoms with van der Waals surface area (Å²) in [4.78, 5) is 26.4. The smallest absolute Gasteiger partial charge is 0.230 e. The van der Waals surface area contributed by atoms with Gasteiger partial charge in [-0.25, -0.2) is 0 Å². The Hall–Kier alpha value is -0.840. The maximum atomic E-state index is 12.2. The van der Waals surface area contributed by atoms with Gasteiger partial charge in [0.05, 0.1) is 24.7 Å². The van der Waals surface area contributed by atoms with Crippen LogP contribution in [0.4, 0.5) is 0 Å². The Morgan fingerprint density at radius 2 is 1.07 bits per heavy atom. The highest BCUT2D eigenvalue weighted by Gasteiger charge is 2.44. The summed E-state index contributed by atoms with van der Waals surface area (Å²) in [6, 6.07) is 0. The molecule has 0 aromatic carbocycles. The number of nitrogens with one attached hydrogen (secondary N) is 2. The minimum absolute atomic E-state index is 0.0955. The number of nitrogens with two attached hydrogens (primary N) is 1. The molecule has 0 radical (unpaired) electrons. The molecule has 0 aromatic rings. The van der Waals surface area contributed by atoms with Crippen LogP contribution in [0.15, 0.2) is 0 Å². The van der Waals surface area contributed by atoms with E-state index in [-0.39, 0.29) is 36.4 Å². The average molecular weight is 619 g/mol. The lowest BCUT2D eigenvalue weighted by atomic mass is 10.0.